The van der Waals surface area contributed by atoms with Crippen LogP contribution in [-0.4, -0.2) is 17.8 Å². The lowest BCUT2D eigenvalue weighted by atomic mass is 10.0. The number of thiophene rings is 1. The maximum Gasteiger partial charge on any atom is 0.161 e. The van der Waals surface area contributed by atoms with E-state index in [1.165, 1.54) is 4.88 Å². The third kappa shape index (κ3) is 5.58. The van der Waals surface area contributed by atoms with Crippen LogP contribution >= 0.6 is 11.3 Å². The minimum Gasteiger partial charge on any atom is -0.490 e. The van der Waals surface area contributed by atoms with Crippen molar-refractivity contribution in [3.63, 3.8) is 0 Å². The summed E-state index contributed by atoms with van der Waals surface area (Å²) in [6, 6.07) is 19.7. The SMILES string of the molecule is CCOc1cc(CN[C@@H](C)[C@H](O)c2ccccc2)ccc1OCc1cccs1. The Bertz CT molecular complexity index is 836. The lowest BCUT2D eigenvalue weighted by molar-refractivity contribution is 0.135. The van der Waals surface area contributed by atoms with Gasteiger partial charge in [0.15, 0.2) is 11.5 Å². The molecule has 0 fully saturated rings. The molecule has 0 radical (unpaired) electrons. The molecule has 28 heavy (non-hydrogen) atoms. The highest BCUT2D eigenvalue weighted by Crippen LogP contribution is 2.30. The Kier molecular flexibility index (Phi) is 7.48. The van der Waals surface area contributed by atoms with Gasteiger partial charge in [-0.1, -0.05) is 42.5 Å². The van der Waals surface area contributed by atoms with E-state index >= 15 is 0 Å². The maximum atomic E-state index is 10.5. The van der Waals surface area contributed by atoms with Gasteiger partial charge < -0.3 is 19.9 Å². The van der Waals surface area contributed by atoms with E-state index in [1.54, 1.807) is 11.3 Å². The monoisotopic (exact) mass is 397 g/mol. The summed E-state index contributed by atoms with van der Waals surface area (Å²) in [6.45, 7) is 5.70. The van der Waals surface area contributed by atoms with E-state index in [1.807, 2.05) is 73.8 Å². The van der Waals surface area contributed by atoms with Gasteiger partial charge >= 0.3 is 0 Å². The fraction of sp³-hybridized carbons (Fsp3) is 0.304. The second kappa shape index (κ2) is 10.3. The van der Waals surface area contributed by atoms with Crippen molar-refractivity contribution in [2.75, 3.05) is 6.61 Å². The highest BCUT2D eigenvalue weighted by atomic mass is 32.1. The van der Waals surface area contributed by atoms with Crippen LogP contribution in [0.1, 0.15) is 36.0 Å². The Morgan fingerprint density at radius 3 is 2.54 bits per heavy atom. The molecule has 2 N–H and O–H groups in total. The number of aliphatic hydroxyl groups is 1. The van der Waals surface area contributed by atoms with Gasteiger partial charge in [0.25, 0.3) is 0 Å². The summed E-state index contributed by atoms with van der Waals surface area (Å²) in [5.41, 5.74) is 1.99. The first-order chi connectivity index (χ1) is 13.7. The van der Waals surface area contributed by atoms with Crippen LogP contribution in [0.4, 0.5) is 0 Å². The van der Waals surface area contributed by atoms with E-state index in [2.05, 4.69) is 11.4 Å². The summed E-state index contributed by atoms with van der Waals surface area (Å²) in [4.78, 5) is 1.18. The number of ether oxygens (including phenoxy) is 2. The van der Waals surface area contributed by atoms with E-state index in [0.29, 0.717) is 19.8 Å². The fourth-order valence-corrected chi connectivity index (χ4v) is 3.54. The van der Waals surface area contributed by atoms with Crippen molar-refractivity contribution in [3.8, 4) is 11.5 Å². The van der Waals surface area contributed by atoms with Crippen molar-refractivity contribution in [2.24, 2.45) is 0 Å². The Balaban J connectivity index is 1.61. The van der Waals surface area contributed by atoms with Crippen LogP contribution < -0.4 is 14.8 Å². The van der Waals surface area contributed by atoms with Crippen LogP contribution in [0, 0.1) is 0 Å². The summed E-state index contributed by atoms with van der Waals surface area (Å²) < 4.78 is 11.7. The second-order valence-corrected chi connectivity index (χ2v) is 7.64. The van der Waals surface area contributed by atoms with Gasteiger partial charge in [0.1, 0.15) is 6.61 Å². The standard InChI is InChI=1S/C23H27NO3S/c1-3-26-22-14-18(11-12-21(22)27-16-20-10-7-13-28-20)15-24-17(2)23(25)19-8-5-4-6-9-19/h4-14,17,23-25H,3,15-16H2,1-2H3/t17-,23-/m0/s1. The molecule has 4 nitrogen and oxygen atoms in total. The van der Waals surface area contributed by atoms with Gasteiger partial charge in [0.2, 0.25) is 0 Å². The van der Waals surface area contributed by atoms with E-state index < -0.39 is 6.10 Å². The molecule has 2 atom stereocenters. The lowest BCUT2D eigenvalue weighted by Gasteiger charge is -2.21. The van der Waals surface area contributed by atoms with Crippen LogP contribution in [0.3, 0.4) is 0 Å². The molecule has 0 amide bonds. The second-order valence-electron chi connectivity index (χ2n) is 6.61. The highest BCUT2D eigenvalue weighted by Gasteiger charge is 2.16. The van der Waals surface area contributed by atoms with E-state index in [0.717, 1.165) is 22.6 Å². The molecule has 1 aromatic heterocycles. The van der Waals surface area contributed by atoms with Gasteiger partial charge in [-0.05, 0) is 48.6 Å². The topological polar surface area (TPSA) is 50.7 Å². The number of hydrogen-bond acceptors (Lipinski definition) is 5. The number of benzene rings is 2. The van der Waals surface area contributed by atoms with Crippen LogP contribution in [0.5, 0.6) is 11.5 Å². The zero-order valence-corrected chi connectivity index (χ0v) is 17.1. The molecule has 3 aromatic rings. The van der Waals surface area contributed by atoms with Gasteiger partial charge in [-0.25, -0.2) is 0 Å². The number of aliphatic hydroxyl groups excluding tert-OH is 1. The maximum absolute atomic E-state index is 10.5. The third-order valence-electron chi connectivity index (χ3n) is 4.50. The quantitative estimate of drug-likeness (QED) is 0.509. The molecule has 0 aliphatic carbocycles. The molecule has 148 valence electrons. The van der Waals surface area contributed by atoms with Gasteiger partial charge in [-0.3, -0.25) is 0 Å². The van der Waals surface area contributed by atoms with Crippen LogP contribution in [0.2, 0.25) is 0 Å². The molecular formula is C23H27NO3S. The van der Waals surface area contributed by atoms with Crippen molar-refractivity contribution < 1.29 is 14.6 Å². The molecule has 2 aromatic carbocycles. The van der Waals surface area contributed by atoms with E-state index in [9.17, 15) is 5.11 Å². The molecule has 0 unspecified atom stereocenters. The summed E-state index contributed by atoms with van der Waals surface area (Å²) in [5, 5.41) is 15.9. The summed E-state index contributed by atoms with van der Waals surface area (Å²) >= 11 is 1.68. The van der Waals surface area contributed by atoms with Crippen molar-refractivity contribution >= 4 is 11.3 Å². The lowest BCUT2D eigenvalue weighted by Crippen LogP contribution is -2.31. The number of rotatable bonds is 10. The first-order valence-electron chi connectivity index (χ1n) is 9.54. The van der Waals surface area contributed by atoms with Crippen LogP contribution in [0.15, 0.2) is 66.0 Å². The van der Waals surface area contributed by atoms with Gasteiger partial charge in [0, 0.05) is 17.5 Å². The van der Waals surface area contributed by atoms with Crippen molar-refractivity contribution in [2.45, 2.75) is 39.1 Å². The minimum atomic E-state index is -0.555. The summed E-state index contributed by atoms with van der Waals surface area (Å²) in [7, 11) is 0. The predicted octanol–water partition coefficient (Wildman–Crippen LogP) is 4.94. The van der Waals surface area contributed by atoms with Gasteiger partial charge in [0.05, 0.1) is 12.7 Å². The normalized spacial score (nSPS) is 13.1. The highest BCUT2D eigenvalue weighted by molar-refractivity contribution is 7.09. The third-order valence-corrected chi connectivity index (χ3v) is 5.35. The molecule has 5 heteroatoms. The molecule has 3 rings (SSSR count). The molecule has 0 saturated heterocycles. The molecule has 0 saturated carbocycles. The average Bonchev–Trinajstić information content (AvgIpc) is 3.25. The Morgan fingerprint density at radius 1 is 1.00 bits per heavy atom. The van der Waals surface area contributed by atoms with E-state index in [4.69, 9.17) is 9.47 Å². The van der Waals surface area contributed by atoms with Gasteiger partial charge in [-0.2, -0.15) is 0 Å². The van der Waals surface area contributed by atoms with Crippen LogP contribution in [-0.2, 0) is 13.2 Å². The zero-order valence-electron chi connectivity index (χ0n) is 16.3. The molecular weight excluding hydrogens is 370 g/mol. The molecule has 0 aliphatic rings. The Labute approximate surface area is 170 Å². The largest absolute Gasteiger partial charge is 0.490 e. The summed E-state index contributed by atoms with van der Waals surface area (Å²) in [6.07, 6.45) is -0.555. The van der Waals surface area contributed by atoms with Crippen LogP contribution in [0.25, 0.3) is 0 Å². The minimum absolute atomic E-state index is 0.0762. The van der Waals surface area contributed by atoms with Crippen molar-refractivity contribution in [3.05, 3.63) is 82.0 Å². The average molecular weight is 398 g/mol. The molecule has 0 spiro atoms. The Morgan fingerprint density at radius 2 is 1.82 bits per heavy atom. The number of hydrogen-bond donors (Lipinski definition) is 2. The van der Waals surface area contributed by atoms with Gasteiger partial charge in [-0.15, -0.1) is 11.3 Å². The van der Waals surface area contributed by atoms with Crippen molar-refractivity contribution in [1.29, 1.82) is 0 Å². The van der Waals surface area contributed by atoms with E-state index in [-0.39, 0.29) is 6.04 Å². The first kappa shape index (κ1) is 20.4. The molecule has 0 aliphatic heterocycles. The smallest absolute Gasteiger partial charge is 0.161 e. The molecule has 0 bridgehead atoms. The van der Waals surface area contributed by atoms with Crippen molar-refractivity contribution in [1.82, 2.24) is 5.32 Å². The Hall–Kier alpha value is -2.34. The first-order valence-corrected chi connectivity index (χ1v) is 10.4. The predicted molar refractivity (Wildman–Crippen MR) is 114 cm³/mol. The summed E-state index contributed by atoms with van der Waals surface area (Å²) in [5.74, 6) is 1.49. The molecule has 1 heterocycles. The number of nitrogens with one attached hydrogen (secondary N) is 1. The fourth-order valence-electron chi connectivity index (χ4n) is 2.92. The zero-order chi connectivity index (χ0) is 19.8.